The molecule has 6 aromatic rings. The van der Waals surface area contributed by atoms with E-state index >= 15 is 0 Å². The van der Waals surface area contributed by atoms with Gasteiger partial charge in [0.1, 0.15) is 35.4 Å². The number of benzene rings is 4. The molecule has 81 heavy (non-hydrogen) atoms. The number of imidazole rings is 1. The zero-order chi connectivity index (χ0) is 58.7. The minimum Gasteiger partial charge on any atom is -0.497 e. The monoisotopic (exact) mass is 1160 g/mol. The number of aromatic nitrogens is 4. The lowest BCUT2D eigenvalue weighted by molar-refractivity contribution is -0.0928. The molecule has 5 atom stereocenters. The number of nitriles is 1. The molecule has 0 spiro atoms. The number of nitrogens with zero attached hydrogens (tertiary/aromatic N) is 6. The zero-order valence-corrected chi connectivity index (χ0v) is 52.3. The molecule has 7 rings (SSSR count). The number of carbonyl (C=O) groups excluding carboxylic acids is 2. The van der Waals surface area contributed by atoms with Gasteiger partial charge in [0.05, 0.1) is 59.4 Å². The lowest BCUT2D eigenvalue weighted by Crippen LogP contribution is -2.51. The van der Waals surface area contributed by atoms with E-state index in [1.165, 1.54) is 0 Å². The smallest absolute Gasteiger partial charge is 0.407 e. The van der Waals surface area contributed by atoms with E-state index in [4.69, 9.17) is 52.1 Å². The number of rotatable bonds is 26. The van der Waals surface area contributed by atoms with Crippen LogP contribution in [0.15, 0.2) is 116 Å². The fraction of sp³-hybridized carbons (Fsp3) is 0.467. The first-order chi connectivity index (χ1) is 38.5. The van der Waals surface area contributed by atoms with Gasteiger partial charge in [0.15, 0.2) is 37.4 Å². The average Bonchev–Trinajstić information content (AvgIpc) is 4.09. The minimum absolute atomic E-state index is 0.0388. The SMILES string of the molecule is COc1ccc(C(OC[C@H]2O[C@@H](n3cnc4c(NC(=O)c5ccccc5)nc(CNC(=O)OCC[Si](C)(C)C)nc43)[C@H](OP(OCCC#N)N(C(C)C)C(C)C)[C@H]2O[Si](C)(C)C(C)(C)C)(c2ccccc2)c2ccc(OC)cc2)cc1. The lowest BCUT2D eigenvalue weighted by atomic mass is 9.80. The summed E-state index contributed by atoms with van der Waals surface area (Å²) < 4.78 is 57.8. The number of methoxy groups -OCH3 is 2. The number of anilines is 1. The Morgan fingerprint density at radius 3 is 1.93 bits per heavy atom. The molecular formula is C60H81N8O10PSi2. The second-order valence-electron chi connectivity index (χ2n) is 23.3. The minimum atomic E-state index is -2.75. The molecule has 1 aliphatic heterocycles. The number of alkyl carbamates (subject to hydrolysis) is 1. The van der Waals surface area contributed by atoms with Crippen molar-refractivity contribution >= 4 is 53.9 Å². The van der Waals surface area contributed by atoms with Crippen molar-refractivity contribution < 1.29 is 46.7 Å². The number of ether oxygens (including phenoxy) is 5. The molecule has 3 heterocycles. The van der Waals surface area contributed by atoms with Crippen LogP contribution in [-0.2, 0) is 39.8 Å². The summed E-state index contributed by atoms with van der Waals surface area (Å²) in [6.07, 6.45) is -2.56. The highest BCUT2D eigenvalue weighted by molar-refractivity contribution is 7.44. The predicted molar refractivity (Wildman–Crippen MR) is 320 cm³/mol. The van der Waals surface area contributed by atoms with Crippen molar-refractivity contribution in [2.45, 2.75) is 147 Å². The van der Waals surface area contributed by atoms with Crippen LogP contribution in [0.25, 0.3) is 11.2 Å². The average molecular weight is 1160 g/mol. The third-order valence-corrected chi connectivity index (χ3v) is 22.8. The van der Waals surface area contributed by atoms with Crippen molar-refractivity contribution in [3.63, 3.8) is 0 Å². The number of hydrogen-bond acceptors (Lipinski definition) is 15. The van der Waals surface area contributed by atoms with Crippen LogP contribution in [0.5, 0.6) is 11.5 Å². The van der Waals surface area contributed by atoms with Gasteiger partial charge in [-0.1, -0.05) is 113 Å². The van der Waals surface area contributed by atoms with Crippen LogP contribution < -0.4 is 20.1 Å². The summed E-state index contributed by atoms with van der Waals surface area (Å²) in [5.41, 5.74) is 2.19. The normalized spacial score (nSPS) is 17.3. The van der Waals surface area contributed by atoms with Gasteiger partial charge in [-0.2, -0.15) is 5.26 Å². The summed E-state index contributed by atoms with van der Waals surface area (Å²) in [5, 5.41) is 15.3. The first-order valence-electron chi connectivity index (χ1n) is 27.6. The zero-order valence-electron chi connectivity index (χ0n) is 49.4. The van der Waals surface area contributed by atoms with Crippen molar-refractivity contribution in [2.24, 2.45) is 0 Å². The van der Waals surface area contributed by atoms with E-state index < -0.39 is 67.1 Å². The van der Waals surface area contributed by atoms with E-state index in [2.05, 4.69) is 103 Å². The molecule has 1 saturated heterocycles. The van der Waals surface area contributed by atoms with E-state index in [0.717, 1.165) is 22.7 Å². The van der Waals surface area contributed by atoms with E-state index in [1.807, 2.05) is 84.9 Å². The topological polar surface area (TPSA) is 203 Å². The second kappa shape index (κ2) is 27.3. The first-order valence-corrected chi connectivity index (χ1v) is 35.3. The van der Waals surface area contributed by atoms with Gasteiger partial charge in [-0.25, -0.2) is 24.4 Å². The van der Waals surface area contributed by atoms with Crippen LogP contribution >= 0.6 is 8.53 Å². The predicted octanol–water partition coefficient (Wildman–Crippen LogP) is 12.6. The maximum Gasteiger partial charge on any atom is 0.407 e. The Bertz CT molecular complexity index is 2990. The summed E-state index contributed by atoms with van der Waals surface area (Å²) in [6, 6.07) is 37.5. The van der Waals surface area contributed by atoms with E-state index in [9.17, 15) is 14.9 Å². The summed E-state index contributed by atoms with van der Waals surface area (Å²) in [6.45, 7) is 26.1. The molecule has 0 aliphatic carbocycles. The van der Waals surface area contributed by atoms with Crippen LogP contribution in [0.3, 0.4) is 0 Å². The Morgan fingerprint density at radius 2 is 1.38 bits per heavy atom. The van der Waals surface area contributed by atoms with Crippen molar-refractivity contribution in [3.8, 4) is 17.6 Å². The van der Waals surface area contributed by atoms with Crippen LogP contribution in [0, 0.1) is 11.3 Å². The summed E-state index contributed by atoms with van der Waals surface area (Å²) in [5.74, 6) is 1.22. The van der Waals surface area contributed by atoms with Gasteiger partial charge in [0.2, 0.25) is 0 Å². The third kappa shape index (κ3) is 15.3. The highest BCUT2D eigenvalue weighted by atomic mass is 31.2. The molecular weight excluding hydrogens is 1080 g/mol. The number of nitrogens with one attached hydrogen (secondary N) is 2. The summed E-state index contributed by atoms with van der Waals surface area (Å²) in [7, 11) is -2.90. The molecule has 1 unspecified atom stereocenters. The molecule has 1 aliphatic rings. The molecule has 434 valence electrons. The van der Waals surface area contributed by atoms with Crippen molar-refractivity contribution in [1.82, 2.24) is 29.5 Å². The fourth-order valence-corrected chi connectivity index (χ4v) is 13.0. The van der Waals surface area contributed by atoms with Gasteiger partial charge < -0.3 is 47.8 Å². The van der Waals surface area contributed by atoms with Crippen LogP contribution in [0.2, 0.25) is 43.8 Å². The molecule has 0 radical (unpaired) electrons. The molecule has 18 nitrogen and oxygen atoms in total. The number of hydrogen-bond donors (Lipinski definition) is 2. The van der Waals surface area contributed by atoms with Crippen LogP contribution in [-0.4, -0.2) is 117 Å². The van der Waals surface area contributed by atoms with E-state index in [1.54, 1.807) is 49.4 Å². The van der Waals surface area contributed by atoms with Crippen molar-refractivity contribution in [1.29, 1.82) is 5.26 Å². The Balaban J connectivity index is 1.43. The standard InChI is InChI=1S/C60H81N8O10PSi2/c1-41(2)68(42(3)4)79(75-35-21-34-61)77-53-52(78-81(13,14)59(5,6)7)49(39-74-60(44-24-19-16-20-25-44,45-26-30-47(71-8)31-27-45)46-28-32-48(72-9)33-29-46)76-57(53)67-40-63-51-54(66-56(69)43-22-17-15-18-23-43)64-50(65-55(51)67)38-62-58(70)73-36-37-80(10,11)12/h15-20,22-33,40-42,49,52-53,57H,21,35-39H2,1-14H3,(H,62,70)(H,64,65,66,69)/t49-,52+,53-,57-,79?/m1/s1. The number of amides is 2. The molecule has 0 bridgehead atoms. The van der Waals surface area contributed by atoms with Gasteiger partial charge >= 0.3 is 6.09 Å². The molecule has 21 heteroatoms. The van der Waals surface area contributed by atoms with Crippen LogP contribution in [0.1, 0.15) is 94.0 Å². The molecule has 1 fully saturated rings. The molecule has 2 N–H and O–H groups in total. The second-order valence-corrected chi connectivity index (χ2v) is 35.1. The molecule has 0 saturated carbocycles. The van der Waals surface area contributed by atoms with Crippen molar-refractivity contribution in [3.05, 3.63) is 144 Å². The maximum absolute atomic E-state index is 14.0. The first kappa shape index (κ1) is 62.5. The van der Waals surface area contributed by atoms with Gasteiger partial charge in [-0.15, -0.1) is 0 Å². The summed E-state index contributed by atoms with van der Waals surface area (Å²) >= 11 is 0. The Morgan fingerprint density at radius 1 is 0.802 bits per heavy atom. The Hall–Kier alpha value is -6.12. The van der Waals surface area contributed by atoms with Crippen LogP contribution in [0.4, 0.5) is 10.6 Å². The fourth-order valence-electron chi connectivity index (χ4n) is 9.25. The number of carbonyl (C=O) groups is 2. The largest absolute Gasteiger partial charge is 0.497 e. The molecule has 4 aromatic carbocycles. The quantitative estimate of drug-likeness (QED) is 0.0224. The molecule has 2 aromatic heterocycles. The molecule has 2 amide bonds. The van der Waals surface area contributed by atoms with E-state index in [0.29, 0.717) is 17.1 Å². The lowest BCUT2D eigenvalue weighted by Gasteiger charge is -2.43. The van der Waals surface area contributed by atoms with Gasteiger partial charge in [0.25, 0.3) is 14.4 Å². The highest BCUT2D eigenvalue weighted by Gasteiger charge is 2.55. The Labute approximate surface area is 481 Å². The van der Waals surface area contributed by atoms with Gasteiger partial charge in [-0.05, 0) is 105 Å². The van der Waals surface area contributed by atoms with E-state index in [-0.39, 0.29) is 72.7 Å². The van der Waals surface area contributed by atoms with Gasteiger partial charge in [-0.3, -0.25) is 9.36 Å². The number of fused-ring (bicyclic) bond motifs is 1. The van der Waals surface area contributed by atoms with Crippen molar-refractivity contribution in [2.75, 3.05) is 39.4 Å². The Kier molecular flexibility index (Phi) is 21.1. The summed E-state index contributed by atoms with van der Waals surface area (Å²) in [4.78, 5) is 41.9. The highest BCUT2D eigenvalue weighted by Crippen LogP contribution is 2.53. The van der Waals surface area contributed by atoms with Gasteiger partial charge in [0, 0.05) is 25.7 Å². The maximum atomic E-state index is 14.0. The third-order valence-electron chi connectivity index (χ3n) is 14.5.